The van der Waals surface area contributed by atoms with Crippen molar-refractivity contribution < 1.29 is 14.4 Å². The van der Waals surface area contributed by atoms with Gasteiger partial charge in [-0.25, -0.2) is 0 Å². The molecular weight excluding hydrogens is 426 g/mol. The molecule has 0 bridgehead atoms. The van der Waals surface area contributed by atoms with Crippen molar-refractivity contribution in [3.8, 4) is 0 Å². The van der Waals surface area contributed by atoms with Gasteiger partial charge in [0.1, 0.15) is 6.04 Å². The third-order valence-corrected chi connectivity index (χ3v) is 7.36. The summed E-state index contributed by atoms with van der Waals surface area (Å²) in [4.78, 5) is 43.0. The van der Waals surface area contributed by atoms with Crippen molar-refractivity contribution in [2.75, 3.05) is 13.1 Å². The van der Waals surface area contributed by atoms with Gasteiger partial charge in [0.2, 0.25) is 11.8 Å². The van der Waals surface area contributed by atoms with Crippen molar-refractivity contribution in [2.24, 2.45) is 0 Å². The van der Waals surface area contributed by atoms with Gasteiger partial charge in [0, 0.05) is 18.2 Å². The SMILES string of the molecule is O=C(NCC(=O)N1CCCC1c1cccc2ccccc12)C1c2ccccc2C(=O)N1C1CC1. The number of hydrogen-bond donors (Lipinski definition) is 1. The highest BCUT2D eigenvalue weighted by molar-refractivity contribution is 6.05. The lowest BCUT2D eigenvalue weighted by atomic mass is 9.97. The summed E-state index contributed by atoms with van der Waals surface area (Å²) in [6, 6.07) is 21.3. The lowest BCUT2D eigenvalue weighted by molar-refractivity contribution is -0.134. The Labute approximate surface area is 198 Å². The van der Waals surface area contributed by atoms with Crippen molar-refractivity contribution in [3.05, 3.63) is 83.4 Å². The van der Waals surface area contributed by atoms with Crippen molar-refractivity contribution in [2.45, 2.75) is 43.8 Å². The largest absolute Gasteiger partial charge is 0.345 e. The Morgan fingerprint density at radius 2 is 1.62 bits per heavy atom. The van der Waals surface area contributed by atoms with Gasteiger partial charge < -0.3 is 15.1 Å². The lowest BCUT2D eigenvalue weighted by Crippen LogP contribution is -2.44. The fourth-order valence-corrected chi connectivity index (χ4v) is 5.62. The number of carbonyl (C=O) groups excluding carboxylic acids is 3. The second kappa shape index (κ2) is 8.28. The van der Waals surface area contributed by atoms with Gasteiger partial charge in [-0.2, -0.15) is 0 Å². The van der Waals surface area contributed by atoms with Gasteiger partial charge in [0.15, 0.2) is 0 Å². The van der Waals surface area contributed by atoms with Gasteiger partial charge >= 0.3 is 0 Å². The zero-order valence-electron chi connectivity index (χ0n) is 18.9. The highest BCUT2D eigenvalue weighted by atomic mass is 16.2. The summed E-state index contributed by atoms with van der Waals surface area (Å²) in [7, 11) is 0. The molecule has 6 nitrogen and oxygen atoms in total. The van der Waals surface area contributed by atoms with Crippen LogP contribution in [0.2, 0.25) is 0 Å². The molecule has 6 heteroatoms. The normalized spacial score (nSPS) is 21.7. The topological polar surface area (TPSA) is 69.7 Å². The van der Waals surface area contributed by atoms with Crippen LogP contribution in [0.15, 0.2) is 66.7 Å². The summed E-state index contributed by atoms with van der Waals surface area (Å²) in [6.45, 7) is 0.618. The number of carbonyl (C=O) groups is 3. The zero-order chi connectivity index (χ0) is 23.2. The second-order valence-corrected chi connectivity index (χ2v) is 9.46. The molecule has 1 N–H and O–H groups in total. The summed E-state index contributed by atoms with van der Waals surface area (Å²) in [6.07, 6.45) is 3.69. The Morgan fingerprint density at radius 1 is 0.882 bits per heavy atom. The van der Waals surface area contributed by atoms with E-state index in [-0.39, 0.29) is 36.3 Å². The molecule has 0 aromatic heterocycles. The van der Waals surface area contributed by atoms with E-state index in [0.29, 0.717) is 12.1 Å². The van der Waals surface area contributed by atoms with Gasteiger partial charge in [-0.05, 0) is 53.6 Å². The lowest BCUT2D eigenvalue weighted by Gasteiger charge is -2.28. The van der Waals surface area contributed by atoms with Gasteiger partial charge in [0.25, 0.3) is 5.91 Å². The number of benzene rings is 3. The molecule has 2 atom stereocenters. The molecule has 172 valence electrons. The van der Waals surface area contributed by atoms with Crippen LogP contribution in [0, 0.1) is 0 Å². The van der Waals surface area contributed by atoms with E-state index in [9.17, 15) is 14.4 Å². The van der Waals surface area contributed by atoms with E-state index in [0.717, 1.165) is 42.2 Å². The van der Waals surface area contributed by atoms with Crippen LogP contribution in [0.4, 0.5) is 0 Å². The smallest absolute Gasteiger partial charge is 0.255 e. The van der Waals surface area contributed by atoms with E-state index < -0.39 is 6.04 Å². The number of nitrogens with one attached hydrogen (secondary N) is 1. The van der Waals surface area contributed by atoms with Crippen LogP contribution in [0.5, 0.6) is 0 Å². The zero-order valence-corrected chi connectivity index (χ0v) is 18.9. The number of likely N-dealkylation sites (tertiary alicyclic amines) is 1. The van der Waals surface area contributed by atoms with Crippen LogP contribution < -0.4 is 5.32 Å². The molecule has 3 amide bonds. The van der Waals surface area contributed by atoms with E-state index in [4.69, 9.17) is 0 Å². The second-order valence-electron chi connectivity index (χ2n) is 9.46. The summed E-state index contributed by atoms with van der Waals surface area (Å²) in [5, 5.41) is 5.19. The minimum Gasteiger partial charge on any atom is -0.345 e. The predicted molar refractivity (Wildman–Crippen MR) is 129 cm³/mol. The predicted octanol–water partition coefficient (Wildman–Crippen LogP) is 3.98. The molecule has 2 fully saturated rings. The fraction of sp³-hybridized carbons (Fsp3) is 0.321. The van der Waals surface area contributed by atoms with Gasteiger partial charge in [-0.1, -0.05) is 60.7 Å². The van der Waals surface area contributed by atoms with E-state index in [1.165, 1.54) is 5.39 Å². The summed E-state index contributed by atoms with van der Waals surface area (Å²) in [5.74, 6) is -0.445. The Kier molecular flexibility index (Phi) is 5.09. The van der Waals surface area contributed by atoms with Crippen molar-refractivity contribution >= 4 is 28.5 Å². The van der Waals surface area contributed by atoms with Crippen molar-refractivity contribution in [3.63, 3.8) is 0 Å². The quantitative estimate of drug-likeness (QED) is 0.635. The number of amides is 3. The molecule has 3 aromatic rings. The fourth-order valence-electron chi connectivity index (χ4n) is 5.62. The van der Waals surface area contributed by atoms with Crippen LogP contribution in [0.3, 0.4) is 0 Å². The maximum absolute atomic E-state index is 13.3. The molecule has 3 aliphatic rings. The summed E-state index contributed by atoms with van der Waals surface area (Å²) >= 11 is 0. The van der Waals surface area contributed by atoms with E-state index in [1.54, 1.807) is 11.0 Å². The molecule has 3 aromatic carbocycles. The van der Waals surface area contributed by atoms with Crippen LogP contribution in [-0.4, -0.2) is 46.7 Å². The van der Waals surface area contributed by atoms with Crippen LogP contribution in [-0.2, 0) is 9.59 Å². The minimum atomic E-state index is -0.656. The van der Waals surface area contributed by atoms with Crippen molar-refractivity contribution in [1.29, 1.82) is 0 Å². The Bertz CT molecular complexity index is 1290. The van der Waals surface area contributed by atoms with Crippen LogP contribution >= 0.6 is 0 Å². The third kappa shape index (κ3) is 3.45. The molecule has 1 saturated carbocycles. The third-order valence-electron chi connectivity index (χ3n) is 7.36. The summed E-state index contributed by atoms with van der Waals surface area (Å²) in [5.41, 5.74) is 2.49. The molecule has 1 saturated heterocycles. The average Bonchev–Trinajstić information content (AvgIpc) is 3.51. The first-order valence-electron chi connectivity index (χ1n) is 12.1. The standard InChI is InChI=1S/C28H27N3O3/c32-25(30-16-6-13-24(30)21-12-5-8-18-7-1-2-9-20(18)21)17-29-27(33)26-22-10-3-4-11-23(22)28(34)31(26)19-14-15-19/h1-5,7-12,19,24,26H,6,13-17H2,(H,29,33). The maximum Gasteiger partial charge on any atom is 0.255 e. The molecule has 2 unspecified atom stereocenters. The van der Waals surface area contributed by atoms with Gasteiger partial charge in [-0.3, -0.25) is 14.4 Å². The van der Waals surface area contributed by atoms with E-state index >= 15 is 0 Å². The molecular formula is C28H27N3O3. The highest BCUT2D eigenvalue weighted by Crippen LogP contribution is 2.42. The first-order valence-corrected chi connectivity index (χ1v) is 12.1. The number of fused-ring (bicyclic) bond motifs is 2. The van der Waals surface area contributed by atoms with Gasteiger partial charge in [-0.15, -0.1) is 0 Å². The Hall–Kier alpha value is -3.67. The molecule has 0 radical (unpaired) electrons. The van der Waals surface area contributed by atoms with E-state index in [2.05, 4.69) is 29.6 Å². The molecule has 34 heavy (non-hydrogen) atoms. The highest BCUT2D eigenvalue weighted by Gasteiger charge is 2.47. The van der Waals surface area contributed by atoms with Crippen LogP contribution in [0.25, 0.3) is 10.8 Å². The molecule has 2 heterocycles. The Morgan fingerprint density at radius 3 is 2.47 bits per heavy atom. The number of hydrogen-bond acceptors (Lipinski definition) is 3. The van der Waals surface area contributed by atoms with Crippen molar-refractivity contribution in [1.82, 2.24) is 15.1 Å². The number of rotatable bonds is 5. The van der Waals surface area contributed by atoms with E-state index in [1.807, 2.05) is 41.3 Å². The molecule has 6 rings (SSSR count). The van der Waals surface area contributed by atoms with Gasteiger partial charge in [0.05, 0.1) is 12.6 Å². The minimum absolute atomic E-state index is 0.00671. The molecule has 1 aliphatic carbocycles. The Balaban J connectivity index is 1.19. The maximum atomic E-state index is 13.3. The first-order chi connectivity index (χ1) is 16.6. The first kappa shape index (κ1) is 20.9. The molecule has 2 aliphatic heterocycles. The van der Waals surface area contributed by atoms with Crippen LogP contribution in [0.1, 0.15) is 59.3 Å². The molecule has 0 spiro atoms. The summed E-state index contributed by atoms with van der Waals surface area (Å²) < 4.78 is 0. The number of nitrogens with zero attached hydrogens (tertiary/aromatic N) is 2. The average molecular weight is 454 g/mol. The monoisotopic (exact) mass is 453 g/mol.